The Morgan fingerprint density at radius 2 is 1.13 bits per heavy atom. The van der Waals surface area contributed by atoms with Crippen molar-refractivity contribution in [3.8, 4) is 0 Å². The quantitative estimate of drug-likeness (QED) is 0.143. The number of hydrogen-bond donors (Lipinski definition) is 1. The third-order valence-electron chi connectivity index (χ3n) is 5.51. The van der Waals surface area contributed by atoms with Crippen LogP contribution in [0.2, 0.25) is 0 Å². The molecule has 196 valence electrons. The van der Waals surface area contributed by atoms with Crippen molar-refractivity contribution in [3.05, 3.63) is 140 Å². The fraction of sp³-hybridized carbons (Fsp3) is 0.188. The van der Waals surface area contributed by atoms with Gasteiger partial charge in [-0.3, -0.25) is 0 Å². The molecule has 0 aliphatic rings. The first-order valence-corrected chi connectivity index (χ1v) is 14.7. The van der Waals surface area contributed by atoms with Crippen molar-refractivity contribution in [1.29, 1.82) is 0 Å². The highest BCUT2D eigenvalue weighted by molar-refractivity contribution is 9.10. The zero-order valence-corrected chi connectivity index (χ0v) is 26.0. The first kappa shape index (κ1) is 31.9. The molecule has 0 heterocycles. The Bertz CT molecular complexity index is 1270. The average molecular weight is 669 g/mol. The van der Waals surface area contributed by atoms with Gasteiger partial charge in [-0.25, -0.2) is 4.99 Å². The molecule has 6 heteroatoms. The summed E-state index contributed by atoms with van der Waals surface area (Å²) in [5.41, 5.74) is 10.4. The lowest BCUT2D eigenvalue weighted by atomic mass is 10.0. The molecule has 0 aliphatic carbocycles. The van der Waals surface area contributed by atoms with Crippen LogP contribution in [0.5, 0.6) is 0 Å². The summed E-state index contributed by atoms with van der Waals surface area (Å²) in [4.78, 5) is 4.97. The van der Waals surface area contributed by atoms with Crippen LogP contribution in [0, 0.1) is 0 Å². The minimum Gasteiger partial charge on any atom is -0.326 e. The Morgan fingerprint density at radius 1 is 0.658 bits per heavy atom. The van der Waals surface area contributed by atoms with Crippen LogP contribution in [0.15, 0.2) is 123 Å². The molecule has 0 spiro atoms. The summed E-state index contributed by atoms with van der Waals surface area (Å²) in [5.74, 6) is 0. The molecule has 4 aromatic carbocycles. The van der Waals surface area contributed by atoms with Gasteiger partial charge in [0.15, 0.2) is 0 Å². The lowest BCUT2D eigenvalue weighted by Gasteiger charge is -2.06. The Hall–Kier alpha value is -2.31. The smallest absolute Gasteiger partial charge is 0.0743 e. The van der Waals surface area contributed by atoms with Gasteiger partial charge >= 0.3 is 0 Å². The topological polar surface area (TPSA) is 38.4 Å². The molecule has 0 aliphatic heterocycles. The van der Waals surface area contributed by atoms with Crippen molar-refractivity contribution in [2.45, 2.75) is 38.8 Å². The fourth-order valence-corrected chi connectivity index (χ4v) is 4.60. The number of rotatable bonds is 9. The molecule has 0 bridgehead atoms. The normalized spacial score (nSPS) is 9.66. The average Bonchev–Trinajstić information content (AvgIpc) is 2.96. The van der Waals surface area contributed by atoms with Gasteiger partial charge in [0.2, 0.25) is 0 Å². The first-order chi connectivity index (χ1) is 18.5. The van der Waals surface area contributed by atoms with E-state index in [2.05, 4.69) is 103 Å². The minimum atomic E-state index is 0.599. The van der Waals surface area contributed by atoms with Gasteiger partial charge in [-0.2, -0.15) is 0 Å². The Kier molecular flexibility index (Phi) is 16.6. The maximum atomic E-state index is 5.48. The van der Waals surface area contributed by atoms with Crippen LogP contribution in [-0.4, -0.2) is 10.0 Å². The molecule has 38 heavy (non-hydrogen) atoms. The predicted octanol–water partition coefficient (Wildman–Crippen LogP) is 9.58. The summed E-state index contributed by atoms with van der Waals surface area (Å²) in [7, 11) is 0. The van der Waals surface area contributed by atoms with Crippen LogP contribution in [0.4, 0.5) is 0 Å². The molecule has 4 aromatic rings. The summed E-state index contributed by atoms with van der Waals surface area (Å²) in [6, 6.07) is 36.8. The summed E-state index contributed by atoms with van der Waals surface area (Å²) >= 11 is 16.9. The van der Waals surface area contributed by atoms with Gasteiger partial charge < -0.3 is 5.73 Å². The number of aryl methyl sites for hydroxylation is 2. The van der Waals surface area contributed by atoms with Gasteiger partial charge in [-0.15, -0.1) is 0 Å². The largest absolute Gasteiger partial charge is 0.326 e. The van der Waals surface area contributed by atoms with E-state index in [-0.39, 0.29) is 0 Å². The van der Waals surface area contributed by atoms with Crippen molar-refractivity contribution < 1.29 is 0 Å². The Morgan fingerprint density at radius 3 is 1.63 bits per heavy atom. The number of benzene rings is 4. The number of isothiocyanates is 1. The molecule has 0 atom stereocenters. The Labute approximate surface area is 254 Å². The minimum absolute atomic E-state index is 0.599. The zero-order valence-electron chi connectivity index (χ0n) is 21.2. The second-order valence-corrected chi connectivity index (χ2v) is 10.8. The lowest BCUT2D eigenvalue weighted by molar-refractivity contribution is 0.972. The number of hydrogen-bond acceptors (Lipinski definition) is 4. The number of nitrogens with zero attached hydrogens (tertiary/aromatic N) is 1. The highest BCUT2D eigenvalue weighted by Crippen LogP contribution is 2.18. The standard InChI is InChI=1S/C17H17BrS.C8H7NS.C7H8BrN/c18-17-9-5-4-8-15(17)11-13-16(19)12-10-14-6-2-1-3-7-14;10-7-9-6-8-4-2-1-3-5-8;8-7-4-2-1-3-6(7)5-9/h1-9H,10-13H2;1-5H,6H2;1-4H,5,9H2. The van der Waals surface area contributed by atoms with E-state index in [0.29, 0.717) is 13.1 Å². The highest BCUT2D eigenvalue weighted by atomic mass is 79.9. The van der Waals surface area contributed by atoms with Crippen LogP contribution in [-0.2, 0) is 25.9 Å². The van der Waals surface area contributed by atoms with Crippen molar-refractivity contribution >= 4 is 66.3 Å². The van der Waals surface area contributed by atoms with Crippen molar-refractivity contribution in [2.24, 2.45) is 10.7 Å². The van der Waals surface area contributed by atoms with E-state index in [1.54, 1.807) is 0 Å². The molecule has 0 saturated heterocycles. The molecule has 0 aromatic heterocycles. The molecular weight excluding hydrogens is 636 g/mol. The fourth-order valence-electron chi connectivity index (χ4n) is 3.40. The highest BCUT2D eigenvalue weighted by Gasteiger charge is 2.02. The molecule has 0 amide bonds. The molecule has 4 rings (SSSR count). The van der Waals surface area contributed by atoms with Crippen molar-refractivity contribution in [2.75, 3.05) is 0 Å². The molecule has 2 nitrogen and oxygen atoms in total. The number of nitrogens with two attached hydrogens (primary N) is 1. The number of thiocarbonyl (C=S) groups is 2. The van der Waals surface area contributed by atoms with Gasteiger partial charge in [0.1, 0.15) is 0 Å². The van der Waals surface area contributed by atoms with Crippen LogP contribution >= 0.6 is 56.3 Å². The number of aliphatic imine (C=N–C) groups is 1. The SMILES string of the molecule is NCc1ccccc1Br.S=C(CCc1ccccc1)CCc1ccccc1Br.S=C=NCc1ccccc1. The monoisotopic (exact) mass is 666 g/mol. The van der Waals surface area contributed by atoms with Crippen LogP contribution in [0.3, 0.4) is 0 Å². The second-order valence-electron chi connectivity index (χ2n) is 8.30. The van der Waals surface area contributed by atoms with E-state index in [9.17, 15) is 0 Å². The molecule has 2 N–H and O–H groups in total. The van der Waals surface area contributed by atoms with Gasteiger partial charge in [0, 0.05) is 15.5 Å². The third kappa shape index (κ3) is 13.5. The van der Waals surface area contributed by atoms with Crippen LogP contribution in [0.1, 0.15) is 35.1 Å². The molecule has 0 saturated carbocycles. The van der Waals surface area contributed by atoms with E-state index in [4.69, 9.17) is 18.0 Å². The van der Waals surface area contributed by atoms with Gasteiger partial charge in [0.25, 0.3) is 0 Å². The third-order valence-corrected chi connectivity index (χ3v) is 7.60. The maximum Gasteiger partial charge on any atom is 0.0743 e. The predicted molar refractivity (Wildman–Crippen MR) is 177 cm³/mol. The van der Waals surface area contributed by atoms with Gasteiger partial charge in [0.05, 0.1) is 11.7 Å². The maximum absolute atomic E-state index is 5.48. The summed E-state index contributed by atoms with van der Waals surface area (Å²) in [5, 5.41) is 2.32. The van der Waals surface area contributed by atoms with E-state index < -0.39 is 0 Å². The Balaban J connectivity index is 0.000000224. The molecule has 0 fully saturated rings. The van der Waals surface area contributed by atoms with E-state index in [0.717, 1.165) is 35.7 Å². The summed E-state index contributed by atoms with van der Waals surface area (Å²) in [6.07, 6.45) is 4.07. The molecule has 0 unspecified atom stereocenters. The van der Waals surface area contributed by atoms with E-state index >= 15 is 0 Å². The van der Waals surface area contributed by atoms with E-state index in [1.165, 1.54) is 26.0 Å². The second kappa shape index (κ2) is 19.7. The van der Waals surface area contributed by atoms with Crippen molar-refractivity contribution in [1.82, 2.24) is 0 Å². The number of halogens is 2. The molecule has 0 radical (unpaired) electrons. The van der Waals surface area contributed by atoms with E-state index in [1.807, 2.05) is 60.7 Å². The van der Waals surface area contributed by atoms with Gasteiger partial charge in [-0.1, -0.05) is 141 Å². The first-order valence-electron chi connectivity index (χ1n) is 12.3. The zero-order chi connectivity index (χ0) is 27.4. The van der Waals surface area contributed by atoms with Gasteiger partial charge in [-0.05, 0) is 77.2 Å². The van der Waals surface area contributed by atoms with Crippen molar-refractivity contribution in [3.63, 3.8) is 0 Å². The summed E-state index contributed by atoms with van der Waals surface area (Å²) < 4.78 is 2.27. The molecular formula is C32H32Br2N2S2. The lowest BCUT2D eigenvalue weighted by Crippen LogP contribution is -2.00. The van der Waals surface area contributed by atoms with Crippen LogP contribution in [0.25, 0.3) is 0 Å². The van der Waals surface area contributed by atoms with Crippen LogP contribution < -0.4 is 5.73 Å². The summed E-state index contributed by atoms with van der Waals surface area (Å²) in [6.45, 7) is 1.24.